The van der Waals surface area contributed by atoms with E-state index in [9.17, 15) is 18.0 Å². The fraction of sp³-hybridized carbons (Fsp3) is 0.333. The maximum atomic E-state index is 13.7. The molecule has 1 fully saturated rings. The molecule has 0 atom stereocenters. The molecule has 0 bridgehead atoms. The smallest absolute Gasteiger partial charge is 0.341 e. The van der Waals surface area contributed by atoms with Gasteiger partial charge in [0.1, 0.15) is 11.3 Å². The Balaban J connectivity index is 1.89. The van der Waals surface area contributed by atoms with Crippen molar-refractivity contribution in [2.75, 3.05) is 14.2 Å². The van der Waals surface area contributed by atoms with Crippen LogP contribution in [-0.2, 0) is 26.1 Å². The second-order valence-electron chi connectivity index (χ2n) is 8.56. The van der Waals surface area contributed by atoms with Gasteiger partial charge in [-0.2, -0.15) is 0 Å². The summed E-state index contributed by atoms with van der Waals surface area (Å²) in [5.41, 5.74) is 1.42. The van der Waals surface area contributed by atoms with Gasteiger partial charge in [0, 0.05) is 16.9 Å². The van der Waals surface area contributed by atoms with Crippen LogP contribution in [0.15, 0.2) is 47.4 Å². The van der Waals surface area contributed by atoms with Gasteiger partial charge in [0.15, 0.2) is 0 Å². The quantitative estimate of drug-likeness (QED) is 0.531. The Morgan fingerprint density at radius 2 is 1.76 bits per heavy atom. The van der Waals surface area contributed by atoms with Crippen molar-refractivity contribution in [2.24, 2.45) is 5.41 Å². The number of esters is 1. The van der Waals surface area contributed by atoms with Crippen molar-refractivity contribution in [2.45, 2.75) is 38.1 Å². The molecule has 0 spiro atoms. The third-order valence-electron chi connectivity index (χ3n) is 6.09. The fourth-order valence-electron chi connectivity index (χ4n) is 3.73. The predicted octanol–water partition coefficient (Wildman–Crippen LogP) is 3.40. The van der Waals surface area contributed by atoms with Crippen molar-refractivity contribution in [1.29, 1.82) is 0 Å². The number of hydrogen-bond acceptors (Lipinski definition) is 6. The predicted molar refractivity (Wildman–Crippen MR) is 123 cm³/mol. The standard InChI is InChI=1S/C24H26N2O6S/c1-15-5-7-18(8-6-15)33(29,30)26-17(14-25-23(28)24(2)9-10-24)11-16-12-19(22(27)32-4)21(31-3)13-20(16)26/h5-8,11-13H,9-10,14H2,1-4H3,(H,25,28). The number of aryl methyl sites for hydroxylation is 1. The number of carbonyl (C=O) groups is 2. The number of rotatable bonds is 7. The Bertz CT molecular complexity index is 1350. The van der Waals surface area contributed by atoms with Gasteiger partial charge in [-0.05, 0) is 44.0 Å². The Morgan fingerprint density at radius 1 is 1.09 bits per heavy atom. The number of nitrogens with one attached hydrogen (secondary N) is 1. The molecule has 33 heavy (non-hydrogen) atoms. The van der Waals surface area contributed by atoms with E-state index >= 15 is 0 Å². The first-order chi connectivity index (χ1) is 15.6. The molecule has 1 aliphatic carbocycles. The van der Waals surface area contributed by atoms with Crippen molar-refractivity contribution in [3.8, 4) is 5.75 Å². The molecule has 0 aliphatic heterocycles. The third kappa shape index (κ3) is 4.08. The summed E-state index contributed by atoms with van der Waals surface area (Å²) >= 11 is 0. The average molecular weight is 471 g/mol. The third-order valence-corrected chi connectivity index (χ3v) is 7.87. The monoisotopic (exact) mass is 470 g/mol. The summed E-state index contributed by atoms with van der Waals surface area (Å²) in [6.07, 6.45) is 1.62. The first-order valence-electron chi connectivity index (χ1n) is 10.5. The summed E-state index contributed by atoms with van der Waals surface area (Å²) in [4.78, 5) is 24.9. The number of carbonyl (C=O) groups excluding carboxylic acids is 2. The molecule has 1 N–H and O–H groups in total. The largest absolute Gasteiger partial charge is 0.496 e. The molecule has 4 rings (SSSR count). The lowest BCUT2D eigenvalue weighted by molar-refractivity contribution is -0.125. The first-order valence-corrected chi connectivity index (χ1v) is 12.0. The summed E-state index contributed by atoms with van der Waals surface area (Å²) in [6.45, 7) is 3.78. The van der Waals surface area contributed by atoms with Gasteiger partial charge in [0.25, 0.3) is 10.0 Å². The van der Waals surface area contributed by atoms with Gasteiger partial charge in [-0.15, -0.1) is 0 Å². The Labute approximate surface area is 192 Å². The van der Waals surface area contributed by atoms with Crippen LogP contribution >= 0.6 is 0 Å². The van der Waals surface area contributed by atoms with Gasteiger partial charge in [-0.3, -0.25) is 4.79 Å². The number of ether oxygens (including phenoxy) is 2. The number of methoxy groups -OCH3 is 2. The first kappa shape index (κ1) is 22.8. The Morgan fingerprint density at radius 3 is 2.33 bits per heavy atom. The van der Waals surface area contributed by atoms with Crippen LogP contribution < -0.4 is 10.1 Å². The number of hydrogen-bond donors (Lipinski definition) is 1. The van der Waals surface area contributed by atoms with Crippen molar-refractivity contribution in [3.05, 3.63) is 59.3 Å². The molecule has 0 unspecified atom stereocenters. The molecule has 1 aromatic heterocycles. The van der Waals surface area contributed by atoms with E-state index in [0.29, 0.717) is 16.6 Å². The van der Waals surface area contributed by atoms with Gasteiger partial charge in [-0.25, -0.2) is 17.2 Å². The maximum Gasteiger partial charge on any atom is 0.341 e. The zero-order valence-corrected chi connectivity index (χ0v) is 19.8. The minimum absolute atomic E-state index is 0.0179. The van der Waals surface area contributed by atoms with Crippen LogP contribution in [0.1, 0.15) is 41.4 Å². The molecule has 1 saturated carbocycles. The van der Waals surface area contributed by atoms with Crippen molar-refractivity contribution in [1.82, 2.24) is 9.29 Å². The van der Waals surface area contributed by atoms with Gasteiger partial charge in [0.05, 0.1) is 36.9 Å². The highest BCUT2D eigenvalue weighted by molar-refractivity contribution is 7.90. The lowest BCUT2D eigenvalue weighted by atomic mass is 10.1. The molecule has 3 aromatic rings. The van der Waals surface area contributed by atoms with Gasteiger partial charge < -0.3 is 14.8 Å². The Hall–Kier alpha value is -3.33. The van der Waals surface area contributed by atoms with Crippen LogP contribution in [0, 0.1) is 12.3 Å². The van der Waals surface area contributed by atoms with Crippen LogP contribution in [-0.4, -0.2) is 38.5 Å². The van der Waals surface area contributed by atoms with E-state index in [1.54, 1.807) is 30.3 Å². The zero-order chi connectivity index (χ0) is 24.0. The summed E-state index contributed by atoms with van der Waals surface area (Å²) in [7, 11) is -1.35. The molecular weight excluding hydrogens is 444 g/mol. The van der Waals surface area contributed by atoms with Crippen molar-refractivity contribution in [3.63, 3.8) is 0 Å². The highest BCUT2D eigenvalue weighted by Crippen LogP contribution is 2.45. The number of nitrogens with zero attached hydrogens (tertiary/aromatic N) is 1. The summed E-state index contributed by atoms with van der Waals surface area (Å²) in [6, 6.07) is 11.2. The van der Waals surface area contributed by atoms with E-state index in [-0.39, 0.29) is 28.7 Å². The molecule has 1 heterocycles. The normalized spacial score (nSPS) is 14.7. The second-order valence-corrected chi connectivity index (χ2v) is 10.4. The van der Waals surface area contributed by atoms with E-state index in [2.05, 4.69) is 5.32 Å². The molecular formula is C24H26N2O6S. The summed E-state index contributed by atoms with van der Waals surface area (Å²) in [5, 5.41) is 3.37. The molecule has 1 amide bonds. The zero-order valence-electron chi connectivity index (χ0n) is 19.0. The fourth-order valence-corrected chi connectivity index (χ4v) is 5.26. The number of amides is 1. The van der Waals surface area contributed by atoms with Crippen LogP contribution in [0.3, 0.4) is 0 Å². The lowest BCUT2D eigenvalue weighted by Crippen LogP contribution is -2.31. The highest BCUT2D eigenvalue weighted by atomic mass is 32.2. The van der Waals surface area contributed by atoms with Crippen molar-refractivity contribution >= 4 is 32.8 Å². The van der Waals surface area contributed by atoms with E-state index in [0.717, 1.165) is 18.4 Å². The summed E-state index contributed by atoms with van der Waals surface area (Å²) < 4.78 is 38.8. The minimum atomic E-state index is -4.01. The van der Waals surface area contributed by atoms with Gasteiger partial charge in [-0.1, -0.05) is 24.6 Å². The SMILES string of the molecule is COC(=O)c1cc2cc(CNC(=O)C3(C)CC3)n(S(=O)(=O)c3ccc(C)cc3)c2cc1OC. The topological polar surface area (TPSA) is 104 Å². The van der Waals surface area contributed by atoms with Gasteiger partial charge >= 0.3 is 5.97 Å². The lowest BCUT2D eigenvalue weighted by Gasteiger charge is -2.15. The van der Waals surface area contributed by atoms with Crippen molar-refractivity contribution < 1.29 is 27.5 Å². The molecule has 8 nitrogen and oxygen atoms in total. The van der Waals surface area contributed by atoms with Crippen LogP contribution in [0.2, 0.25) is 0 Å². The molecule has 0 radical (unpaired) electrons. The Kier molecular flexibility index (Phi) is 5.69. The molecule has 2 aromatic carbocycles. The van der Waals surface area contributed by atoms with Gasteiger partial charge in [0.2, 0.25) is 5.91 Å². The number of fused-ring (bicyclic) bond motifs is 1. The molecule has 1 aliphatic rings. The average Bonchev–Trinajstić information content (AvgIpc) is 3.44. The van der Waals surface area contributed by atoms with Crippen LogP contribution in [0.5, 0.6) is 5.75 Å². The number of benzene rings is 2. The van der Waals surface area contributed by atoms with Crippen LogP contribution in [0.25, 0.3) is 10.9 Å². The summed E-state index contributed by atoms with van der Waals surface area (Å²) in [5.74, 6) is -0.520. The second kappa shape index (κ2) is 8.22. The number of aromatic nitrogens is 1. The van der Waals surface area contributed by atoms with E-state index in [1.165, 1.54) is 30.3 Å². The molecule has 174 valence electrons. The van der Waals surface area contributed by atoms with Crippen LogP contribution in [0.4, 0.5) is 0 Å². The molecule has 9 heteroatoms. The minimum Gasteiger partial charge on any atom is -0.496 e. The van der Waals surface area contributed by atoms with E-state index < -0.39 is 21.4 Å². The highest BCUT2D eigenvalue weighted by Gasteiger charge is 2.44. The maximum absolute atomic E-state index is 13.7. The van der Waals surface area contributed by atoms with E-state index in [1.807, 2.05) is 13.8 Å². The van der Waals surface area contributed by atoms with E-state index in [4.69, 9.17) is 9.47 Å². The molecule has 0 saturated heterocycles.